The van der Waals surface area contributed by atoms with E-state index in [1.54, 1.807) is 31.3 Å². The van der Waals surface area contributed by atoms with Crippen LogP contribution in [-0.4, -0.2) is 66.6 Å². The molecular formula is C29H39N3O4S. The van der Waals surface area contributed by atoms with Crippen LogP contribution in [0.5, 0.6) is 5.75 Å². The van der Waals surface area contributed by atoms with Crippen molar-refractivity contribution in [2.45, 2.75) is 69.5 Å². The summed E-state index contributed by atoms with van der Waals surface area (Å²) < 4.78 is 35.3. The van der Waals surface area contributed by atoms with Gasteiger partial charge in [0.25, 0.3) is 0 Å². The molecule has 1 N–H and O–H groups in total. The van der Waals surface area contributed by atoms with Gasteiger partial charge >= 0.3 is 0 Å². The summed E-state index contributed by atoms with van der Waals surface area (Å²) in [6.45, 7) is 5.06. The lowest BCUT2D eigenvalue weighted by atomic mass is 9.90. The van der Waals surface area contributed by atoms with Crippen molar-refractivity contribution in [1.82, 2.24) is 14.2 Å². The third-order valence-corrected chi connectivity index (χ3v) is 9.38. The van der Waals surface area contributed by atoms with Crippen LogP contribution in [0.25, 0.3) is 0 Å². The Morgan fingerprint density at radius 2 is 2.03 bits per heavy atom. The molecule has 1 fully saturated rings. The van der Waals surface area contributed by atoms with Crippen LogP contribution in [0.1, 0.15) is 57.1 Å². The highest BCUT2D eigenvalue weighted by Crippen LogP contribution is 2.34. The van der Waals surface area contributed by atoms with Gasteiger partial charge in [-0.25, -0.2) is 8.42 Å². The van der Waals surface area contributed by atoms with Gasteiger partial charge in [0.05, 0.1) is 6.61 Å². The average molecular weight is 526 g/mol. The Kier molecular flexibility index (Phi) is 9.25. The molecule has 0 amide bonds. The van der Waals surface area contributed by atoms with E-state index in [9.17, 15) is 13.5 Å². The van der Waals surface area contributed by atoms with Crippen molar-refractivity contribution in [1.29, 1.82) is 0 Å². The van der Waals surface area contributed by atoms with Crippen molar-refractivity contribution in [3.05, 3.63) is 53.9 Å². The van der Waals surface area contributed by atoms with Gasteiger partial charge in [0, 0.05) is 55.5 Å². The molecule has 2 aliphatic rings. The predicted molar refractivity (Wildman–Crippen MR) is 144 cm³/mol. The third-order valence-electron chi connectivity index (χ3n) is 7.36. The first kappa shape index (κ1) is 27.6. The molecule has 1 aliphatic carbocycles. The number of aromatic nitrogens is 1. The topological polar surface area (TPSA) is 83.0 Å². The zero-order valence-corrected chi connectivity index (χ0v) is 23.0. The normalized spacial score (nSPS) is 23.2. The van der Waals surface area contributed by atoms with Crippen LogP contribution in [0.15, 0.2) is 47.6 Å². The van der Waals surface area contributed by atoms with Gasteiger partial charge in [-0.05, 0) is 56.6 Å². The first-order chi connectivity index (χ1) is 17.8. The quantitative estimate of drug-likeness (QED) is 0.576. The highest BCUT2D eigenvalue weighted by Gasteiger charge is 2.38. The molecule has 1 aromatic heterocycles. The van der Waals surface area contributed by atoms with Crippen molar-refractivity contribution in [3.8, 4) is 17.6 Å². The molecule has 200 valence electrons. The number of hydrogen-bond acceptors (Lipinski definition) is 6. The molecule has 1 saturated carbocycles. The van der Waals surface area contributed by atoms with Crippen molar-refractivity contribution in [2.24, 2.45) is 11.8 Å². The van der Waals surface area contributed by atoms with E-state index in [1.165, 1.54) is 23.6 Å². The molecule has 1 aromatic carbocycles. The number of nitrogens with zero attached hydrogens (tertiary/aromatic N) is 3. The van der Waals surface area contributed by atoms with E-state index in [0.717, 1.165) is 24.0 Å². The summed E-state index contributed by atoms with van der Waals surface area (Å²) in [5.41, 5.74) is 1.86. The summed E-state index contributed by atoms with van der Waals surface area (Å²) in [5, 5.41) is 9.86. The number of aliphatic hydroxyl groups excluding tert-OH is 1. The largest absolute Gasteiger partial charge is 0.487 e. The smallest absolute Gasteiger partial charge is 0.247 e. The first-order valence-corrected chi connectivity index (χ1v) is 14.7. The molecule has 0 radical (unpaired) electrons. The second-order valence-electron chi connectivity index (χ2n) is 10.6. The maximum Gasteiger partial charge on any atom is 0.247 e. The molecule has 8 heteroatoms. The van der Waals surface area contributed by atoms with E-state index in [1.807, 2.05) is 32.3 Å². The molecule has 0 bridgehead atoms. The van der Waals surface area contributed by atoms with Gasteiger partial charge in [-0.1, -0.05) is 44.1 Å². The predicted octanol–water partition coefficient (Wildman–Crippen LogP) is 3.91. The molecule has 37 heavy (non-hydrogen) atoms. The minimum absolute atomic E-state index is 0.106. The molecule has 2 heterocycles. The van der Waals surface area contributed by atoms with E-state index in [-0.39, 0.29) is 30.1 Å². The lowest BCUT2D eigenvalue weighted by Crippen LogP contribution is -2.49. The number of aliphatic hydroxyl groups is 1. The van der Waals surface area contributed by atoms with Gasteiger partial charge in [-0.15, -0.1) is 0 Å². The Hall–Kier alpha value is -2.44. The molecule has 3 atom stereocenters. The SMILES string of the molecule is C[C@@H]1CN([C@@H](C)CO)S(=O)(=O)c2ccc(C#CC3CCCCC3)cc2O[C@H]1CN(C)Cc1cccnc1. The number of likely N-dealkylation sites (N-methyl/N-ethyl adjacent to an activating group) is 1. The zero-order chi connectivity index (χ0) is 26.4. The molecule has 4 rings (SSSR count). The van der Waals surface area contributed by atoms with Crippen LogP contribution in [-0.2, 0) is 16.6 Å². The Bertz CT molecular complexity index is 1200. The second-order valence-corrected chi connectivity index (χ2v) is 12.4. The number of rotatable bonds is 6. The molecular weight excluding hydrogens is 486 g/mol. The van der Waals surface area contributed by atoms with Gasteiger partial charge in [-0.2, -0.15) is 4.31 Å². The van der Waals surface area contributed by atoms with E-state index >= 15 is 0 Å². The maximum atomic E-state index is 13.7. The van der Waals surface area contributed by atoms with Crippen LogP contribution < -0.4 is 4.74 Å². The lowest BCUT2D eigenvalue weighted by molar-refractivity contribution is 0.0733. The molecule has 0 saturated heterocycles. The fourth-order valence-electron chi connectivity index (χ4n) is 5.13. The second kappa shape index (κ2) is 12.4. The van der Waals surface area contributed by atoms with Gasteiger partial charge in [0.15, 0.2) is 0 Å². The van der Waals surface area contributed by atoms with Crippen molar-refractivity contribution >= 4 is 10.0 Å². The fraction of sp³-hybridized carbons (Fsp3) is 0.552. The van der Waals surface area contributed by atoms with Crippen LogP contribution in [0, 0.1) is 23.7 Å². The fourth-order valence-corrected chi connectivity index (χ4v) is 6.95. The summed E-state index contributed by atoms with van der Waals surface area (Å²) in [7, 11) is -1.83. The third kappa shape index (κ3) is 6.91. The maximum absolute atomic E-state index is 13.7. The summed E-state index contributed by atoms with van der Waals surface area (Å²) in [5.74, 6) is 7.30. The summed E-state index contributed by atoms with van der Waals surface area (Å²) in [4.78, 5) is 6.50. The monoisotopic (exact) mass is 525 g/mol. The Balaban J connectivity index is 1.65. The standard InChI is InChI=1S/C29H39N3O4S/c1-22-18-32(23(2)21-33)37(34,35)29-14-13-25(12-11-24-8-5-4-6-9-24)16-27(29)36-28(22)20-31(3)19-26-10-7-15-30-17-26/h7,10,13-17,22-24,28,33H,4-6,8-9,18-21H2,1-3H3/t22-,23+,28+/m1/s1. The Morgan fingerprint density at radius 3 is 2.73 bits per heavy atom. The van der Waals surface area contributed by atoms with Crippen molar-refractivity contribution < 1.29 is 18.3 Å². The summed E-state index contributed by atoms with van der Waals surface area (Å²) >= 11 is 0. The average Bonchev–Trinajstić information content (AvgIpc) is 2.90. The van der Waals surface area contributed by atoms with Crippen LogP contribution >= 0.6 is 0 Å². The molecule has 1 aliphatic heterocycles. The summed E-state index contributed by atoms with van der Waals surface area (Å²) in [6, 6.07) is 8.57. The molecule has 0 unspecified atom stereocenters. The Morgan fingerprint density at radius 1 is 1.24 bits per heavy atom. The van der Waals surface area contributed by atoms with Crippen molar-refractivity contribution in [3.63, 3.8) is 0 Å². The number of hydrogen-bond donors (Lipinski definition) is 1. The highest BCUT2D eigenvalue weighted by atomic mass is 32.2. The molecule has 7 nitrogen and oxygen atoms in total. The number of fused-ring (bicyclic) bond motifs is 1. The number of ether oxygens (including phenoxy) is 1. The molecule has 2 aromatic rings. The van der Waals surface area contributed by atoms with Crippen LogP contribution in [0.3, 0.4) is 0 Å². The van der Waals surface area contributed by atoms with Crippen molar-refractivity contribution in [2.75, 3.05) is 26.7 Å². The number of pyridine rings is 1. The van der Waals surface area contributed by atoms with E-state index in [2.05, 4.69) is 21.7 Å². The zero-order valence-electron chi connectivity index (χ0n) is 22.1. The van der Waals surface area contributed by atoms with Crippen LogP contribution in [0.4, 0.5) is 0 Å². The first-order valence-electron chi connectivity index (χ1n) is 13.3. The minimum atomic E-state index is -3.86. The number of benzene rings is 1. The van der Waals surface area contributed by atoms with Gasteiger partial charge < -0.3 is 9.84 Å². The van der Waals surface area contributed by atoms with Gasteiger partial charge in [-0.3, -0.25) is 9.88 Å². The number of sulfonamides is 1. The summed E-state index contributed by atoms with van der Waals surface area (Å²) in [6.07, 6.45) is 9.31. The van der Waals surface area contributed by atoms with Gasteiger partial charge in [0.2, 0.25) is 10.0 Å². The van der Waals surface area contributed by atoms with E-state index in [4.69, 9.17) is 4.74 Å². The molecule has 0 spiro atoms. The lowest BCUT2D eigenvalue weighted by Gasteiger charge is -2.37. The van der Waals surface area contributed by atoms with E-state index < -0.39 is 16.1 Å². The van der Waals surface area contributed by atoms with Gasteiger partial charge in [0.1, 0.15) is 16.7 Å². The highest BCUT2D eigenvalue weighted by molar-refractivity contribution is 7.89. The van der Waals surface area contributed by atoms with Crippen LogP contribution in [0.2, 0.25) is 0 Å². The minimum Gasteiger partial charge on any atom is -0.487 e. The van der Waals surface area contributed by atoms with E-state index in [0.29, 0.717) is 24.8 Å². The Labute approximate surface area is 221 Å².